The Morgan fingerprint density at radius 2 is 1.85 bits per heavy atom. The number of carbonyl (C=O) groups is 3. The van der Waals surface area contributed by atoms with Crippen LogP contribution < -0.4 is 10.6 Å². The second-order valence-corrected chi connectivity index (χ2v) is 12.2. The van der Waals surface area contributed by atoms with E-state index in [1.54, 1.807) is 18.4 Å². The maximum Gasteiger partial charge on any atom is 0.224 e. The van der Waals surface area contributed by atoms with Crippen molar-refractivity contribution in [2.45, 2.75) is 91.0 Å². The molecule has 0 radical (unpaired) electrons. The van der Waals surface area contributed by atoms with Crippen molar-refractivity contribution in [1.29, 1.82) is 0 Å². The zero-order chi connectivity index (χ0) is 29.1. The molecule has 7 nitrogen and oxygen atoms in total. The highest BCUT2D eigenvalue weighted by molar-refractivity contribution is 7.18. The van der Waals surface area contributed by atoms with E-state index in [2.05, 4.69) is 55.0 Å². The van der Waals surface area contributed by atoms with Crippen LogP contribution >= 0.6 is 11.3 Å². The fourth-order valence-electron chi connectivity index (χ4n) is 5.65. The van der Waals surface area contributed by atoms with Gasteiger partial charge in [0.25, 0.3) is 0 Å². The molecule has 0 aliphatic heterocycles. The summed E-state index contributed by atoms with van der Waals surface area (Å²) in [5.41, 5.74) is 2.82. The van der Waals surface area contributed by atoms with Crippen molar-refractivity contribution >= 4 is 39.2 Å². The molecule has 1 fully saturated rings. The van der Waals surface area contributed by atoms with Gasteiger partial charge in [0, 0.05) is 44.5 Å². The molecule has 1 aromatic heterocycles. The average molecular weight is 569 g/mol. The smallest absolute Gasteiger partial charge is 0.224 e. The predicted molar refractivity (Wildman–Crippen MR) is 165 cm³/mol. The summed E-state index contributed by atoms with van der Waals surface area (Å²) in [6.45, 7) is 12.7. The lowest BCUT2D eigenvalue weighted by atomic mass is 9.81. The van der Waals surface area contributed by atoms with E-state index < -0.39 is 5.92 Å². The van der Waals surface area contributed by atoms with Crippen LogP contribution in [0.3, 0.4) is 0 Å². The lowest BCUT2D eigenvalue weighted by Gasteiger charge is -2.32. The molecule has 2 aromatic rings. The Labute approximate surface area is 244 Å². The number of benzene rings is 1. The molecule has 3 rings (SSSR count). The van der Waals surface area contributed by atoms with E-state index >= 15 is 0 Å². The second kappa shape index (κ2) is 16.0. The van der Waals surface area contributed by atoms with Gasteiger partial charge in [-0.25, -0.2) is 4.98 Å². The van der Waals surface area contributed by atoms with E-state index in [0.717, 1.165) is 60.4 Å². The first kappa shape index (κ1) is 31.9. The molecule has 2 atom stereocenters. The van der Waals surface area contributed by atoms with Gasteiger partial charge in [0.15, 0.2) is 5.78 Å². The van der Waals surface area contributed by atoms with Gasteiger partial charge >= 0.3 is 0 Å². The molecule has 1 aromatic carbocycles. The van der Waals surface area contributed by atoms with Gasteiger partial charge in [0.1, 0.15) is 0 Å². The van der Waals surface area contributed by atoms with Crippen LogP contribution in [0.4, 0.5) is 0 Å². The molecule has 1 aliphatic carbocycles. The van der Waals surface area contributed by atoms with Crippen LogP contribution in [-0.2, 0) is 27.2 Å². The molecule has 8 heteroatoms. The highest BCUT2D eigenvalue weighted by Gasteiger charge is 2.30. The third kappa shape index (κ3) is 9.23. The van der Waals surface area contributed by atoms with Crippen LogP contribution in [0.2, 0.25) is 0 Å². The quantitative estimate of drug-likeness (QED) is 0.262. The number of aromatic nitrogens is 1. The number of rotatable bonds is 16. The number of likely N-dealkylation sites (N-methyl/N-ethyl adjacent to an activating group) is 1. The predicted octanol–water partition coefficient (Wildman–Crippen LogP) is 5.47. The van der Waals surface area contributed by atoms with E-state index in [9.17, 15) is 14.4 Å². The molecule has 0 spiro atoms. The zero-order valence-corrected chi connectivity index (χ0v) is 25.7. The Bertz CT molecular complexity index is 1150. The first-order chi connectivity index (χ1) is 19.3. The van der Waals surface area contributed by atoms with Crippen molar-refractivity contribution in [3.63, 3.8) is 0 Å². The van der Waals surface area contributed by atoms with Crippen LogP contribution in [0.25, 0.3) is 10.2 Å². The number of nitrogens with one attached hydrogen (secondary N) is 2. The number of thiazole rings is 1. The van der Waals surface area contributed by atoms with Crippen molar-refractivity contribution in [1.82, 2.24) is 20.5 Å². The van der Waals surface area contributed by atoms with Gasteiger partial charge in [-0.15, -0.1) is 11.3 Å². The first-order valence-electron chi connectivity index (χ1n) is 15.1. The highest BCUT2D eigenvalue weighted by Crippen LogP contribution is 2.30. The Morgan fingerprint density at radius 1 is 1.12 bits per heavy atom. The SMILES string of the molecule is C=C(CN(CC)CC)C(=O)CC[C@@H](NC(=O)[C@@H](CC(=O)NC)Cc1nc2ccc(CC)cc2s1)C1CCCCC1. The summed E-state index contributed by atoms with van der Waals surface area (Å²) in [7, 11) is 1.60. The summed E-state index contributed by atoms with van der Waals surface area (Å²) < 4.78 is 1.11. The van der Waals surface area contributed by atoms with Crippen molar-refractivity contribution < 1.29 is 14.4 Å². The summed E-state index contributed by atoms with van der Waals surface area (Å²) in [6, 6.07) is 6.20. The summed E-state index contributed by atoms with van der Waals surface area (Å²) in [5.74, 6) is -0.388. The first-order valence-corrected chi connectivity index (χ1v) is 15.9. The van der Waals surface area contributed by atoms with Crippen LogP contribution in [0.1, 0.15) is 82.7 Å². The van der Waals surface area contributed by atoms with Crippen molar-refractivity contribution in [3.05, 3.63) is 40.9 Å². The number of ketones is 1. The van der Waals surface area contributed by atoms with Crippen LogP contribution in [0, 0.1) is 11.8 Å². The average Bonchev–Trinajstić information content (AvgIpc) is 3.38. The minimum Gasteiger partial charge on any atom is -0.359 e. The molecule has 40 heavy (non-hydrogen) atoms. The van der Waals surface area contributed by atoms with E-state index in [4.69, 9.17) is 4.98 Å². The maximum atomic E-state index is 13.7. The molecule has 220 valence electrons. The number of hydrogen-bond acceptors (Lipinski definition) is 6. The van der Waals surface area contributed by atoms with E-state index in [1.165, 1.54) is 12.0 Å². The van der Waals surface area contributed by atoms with Gasteiger partial charge in [-0.1, -0.05) is 52.7 Å². The fraction of sp³-hybridized carbons (Fsp3) is 0.625. The molecule has 2 N–H and O–H groups in total. The summed E-state index contributed by atoms with van der Waals surface area (Å²) >= 11 is 1.60. The third-order valence-electron chi connectivity index (χ3n) is 8.34. The number of aryl methyl sites for hydroxylation is 1. The van der Waals surface area contributed by atoms with Gasteiger partial charge in [0.05, 0.1) is 21.1 Å². The van der Waals surface area contributed by atoms with Crippen molar-refractivity contribution in [3.8, 4) is 0 Å². The molecule has 0 unspecified atom stereocenters. The second-order valence-electron chi connectivity index (χ2n) is 11.1. The Morgan fingerprint density at radius 3 is 2.50 bits per heavy atom. The minimum absolute atomic E-state index is 0.0739. The number of nitrogens with zero attached hydrogens (tertiary/aromatic N) is 2. The number of carbonyl (C=O) groups excluding carboxylic acids is 3. The normalized spacial score (nSPS) is 15.6. The zero-order valence-electron chi connectivity index (χ0n) is 24.9. The minimum atomic E-state index is -0.523. The van der Waals surface area contributed by atoms with E-state index in [-0.39, 0.29) is 30.1 Å². The molecule has 1 heterocycles. The van der Waals surface area contributed by atoms with Gasteiger partial charge in [-0.05, 0) is 62.4 Å². The monoisotopic (exact) mass is 568 g/mol. The number of Topliss-reactive ketones (excluding diaryl/α,β-unsaturated/α-hetero) is 1. The third-order valence-corrected chi connectivity index (χ3v) is 9.38. The van der Waals surface area contributed by atoms with Crippen molar-refractivity contribution in [2.75, 3.05) is 26.7 Å². The lowest BCUT2D eigenvalue weighted by molar-refractivity contribution is -0.131. The molecular formula is C32H48N4O3S. The number of fused-ring (bicyclic) bond motifs is 1. The molecule has 0 saturated heterocycles. The Kier molecular flexibility index (Phi) is 12.8. The van der Waals surface area contributed by atoms with Gasteiger partial charge < -0.3 is 10.6 Å². The van der Waals surface area contributed by atoms with Gasteiger partial charge in [-0.2, -0.15) is 0 Å². The molecule has 0 bridgehead atoms. The highest BCUT2D eigenvalue weighted by atomic mass is 32.1. The summed E-state index contributed by atoms with van der Waals surface area (Å²) in [5, 5.41) is 6.85. The Hall–Kier alpha value is -2.58. The molecule has 1 saturated carbocycles. The lowest BCUT2D eigenvalue weighted by Crippen LogP contribution is -2.45. The number of hydrogen-bond donors (Lipinski definition) is 2. The number of amides is 2. The molecule has 2 amide bonds. The summed E-state index contributed by atoms with van der Waals surface area (Å²) in [4.78, 5) is 46.1. The van der Waals surface area contributed by atoms with Gasteiger partial charge in [-0.3, -0.25) is 19.3 Å². The van der Waals surface area contributed by atoms with Gasteiger partial charge in [0.2, 0.25) is 11.8 Å². The fourth-order valence-corrected chi connectivity index (χ4v) is 6.76. The molecular weight excluding hydrogens is 520 g/mol. The van der Waals surface area contributed by atoms with Crippen LogP contribution in [-0.4, -0.2) is 60.2 Å². The largest absolute Gasteiger partial charge is 0.359 e. The van der Waals surface area contributed by atoms with E-state index in [1.807, 2.05) is 6.07 Å². The molecule has 1 aliphatic rings. The maximum absolute atomic E-state index is 13.7. The van der Waals surface area contributed by atoms with Crippen LogP contribution in [0.5, 0.6) is 0 Å². The topological polar surface area (TPSA) is 91.4 Å². The van der Waals surface area contributed by atoms with Crippen molar-refractivity contribution in [2.24, 2.45) is 11.8 Å². The van der Waals surface area contributed by atoms with Crippen LogP contribution in [0.15, 0.2) is 30.4 Å². The Balaban J connectivity index is 1.73. The standard InChI is InChI=1S/C32H48N4O3S/c1-6-23-14-15-27-29(18-23)40-31(34-27)20-25(19-30(38)33-5)32(39)35-26(24-12-10-9-11-13-24)16-17-28(37)22(4)21-36(7-2)8-3/h14-15,18,24-26H,4,6-13,16-17,19-21H2,1-3,5H3,(H,33,38)(H,35,39)/t25-,26+/m0/s1. The van der Waals surface area contributed by atoms with E-state index in [0.29, 0.717) is 37.3 Å². The summed E-state index contributed by atoms with van der Waals surface area (Å²) in [6.07, 6.45) is 8.06.